The van der Waals surface area contributed by atoms with Crippen LogP contribution in [0.4, 0.5) is 5.69 Å². The first-order valence-corrected chi connectivity index (χ1v) is 9.10. The molecule has 1 saturated heterocycles. The molecule has 1 aliphatic heterocycles. The fraction of sp³-hybridized carbons (Fsp3) is 0.381. The highest BCUT2D eigenvalue weighted by Gasteiger charge is 2.23. The van der Waals surface area contributed by atoms with Crippen molar-refractivity contribution in [3.63, 3.8) is 0 Å². The van der Waals surface area contributed by atoms with E-state index in [1.165, 1.54) is 0 Å². The van der Waals surface area contributed by atoms with Gasteiger partial charge in [0.1, 0.15) is 11.5 Å². The van der Waals surface area contributed by atoms with Gasteiger partial charge < -0.3 is 24.8 Å². The summed E-state index contributed by atoms with van der Waals surface area (Å²) in [4.78, 5) is 13.3. The van der Waals surface area contributed by atoms with Crippen LogP contribution in [0, 0.1) is 5.92 Å². The first-order valence-electron chi connectivity index (χ1n) is 9.10. The number of ether oxygens (including phenoxy) is 2. The van der Waals surface area contributed by atoms with E-state index in [1.807, 2.05) is 30.3 Å². The van der Waals surface area contributed by atoms with Crippen LogP contribution in [0.5, 0.6) is 11.5 Å². The lowest BCUT2D eigenvalue weighted by molar-refractivity contribution is 0.0697. The molecule has 0 saturated carbocycles. The number of benzene rings is 2. The van der Waals surface area contributed by atoms with Gasteiger partial charge in [0.15, 0.2) is 0 Å². The van der Waals surface area contributed by atoms with E-state index in [0.29, 0.717) is 11.5 Å². The minimum absolute atomic E-state index is 0.318. The second-order valence-corrected chi connectivity index (χ2v) is 6.80. The summed E-state index contributed by atoms with van der Waals surface area (Å²) in [6.45, 7) is 3.67. The van der Waals surface area contributed by atoms with Crippen LogP contribution in [-0.4, -0.2) is 44.9 Å². The average molecular weight is 370 g/mol. The van der Waals surface area contributed by atoms with E-state index in [2.05, 4.69) is 10.2 Å². The van der Waals surface area contributed by atoms with Gasteiger partial charge in [0.2, 0.25) is 0 Å². The zero-order valence-corrected chi connectivity index (χ0v) is 15.8. The van der Waals surface area contributed by atoms with Crippen molar-refractivity contribution in [2.45, 2.75) is 13.0 Å². The summed E-state index contributed by atoms with van der Waals surface area (Å²) in [7, 11) is 3.33. The Morgan fingerprint density at radius 3 is 2.41 bits per heavy atom. The van der Waals surface area contributed by atoms with Crippen LogP contribution in [0.2, 0.25) is 0 Å². The topological polar surface area (TPSA) is 71.0 Å². The average Bonchev–Trinajstić information content (AvgIpc) is 3.17. The van der Waals surface area contributed by atoms with E-state index in [4.69, 9.17) is 14.6 Å². The Bertz CT molecular complexity index is 754. The molecule has 27 heavy (non-hydrogen) atoms. The molecule has 2 N–H and O–H groups in total. The van der Waals surface area contributed by atoms with Crippen molar-refractivity contribution in [1.29, 1.82) is 0 Å². The van der Waals surface area contributed by atoms with Crippen molar-refractivity contribution in [2.75, 3.05) is 38.8 Å². The molecule has 1 aliphatic rings. The molecule has 2 aromatic carbocycles. The highest BCUT2D eigenvalue weighted by atomic mass is 16.5. The first-order chi connectivity index (χ1) is 13.1. The number of hydrogen-bond donors (Lipinski definition) is 2. The lowest BCUT2D eigenvalue weighted by atomic mass is 10.1. The zero-order chi connectivity index (χ0) is 19.2. The number of methoxy groups -OCH3 is 2. The lowest BCUT2D eigenvalue weighted by Gasteiger charge is -2.20. The van der Waals surface area contributed by atoms with Gasteiger partial charge in [-0.2, -0.15) is 0 Å². The summed E-state index contributed by atoms with van der Waals surface area (Å²) in [5.41, 5.74) is 2.53. The van der Waals surface area contributed by atoms with Crippen LogP contribution in [0.1, 0.15) is 22.3 Å². The summed E-state index contributed by atoms with van der Waals surface area (Å²) in [5.74, 6) is 1.28. The maximum Gasteiger partial charge on any atom is 0.335 e. The number of anilines is 1. The molecule has 0 amide bonds. The SMILES string of the molecule is COc1cc(OC)cc(N2CCC(CNCc3ccc(C(=O)O)cc3)C2)c1. The summed E-state index contributed by atoms with van der Waals surface area (Å²) < 4.78 is 10.7. The van der Waals surface area contributed by atoms with Gasteiger partial charge in [-0.05, 0) is 30.0 Å². The summed E-state index contributed by atoms with van der Waals surface area (Å²) in [5, 5.41) is 12.4. The predicted molar refractivity (Wildman–Crippen MR) is 105 cm³/mol. The van der Waals surface area contributed by atoms with Gasteiger partial charge in [-0.25, -0.2) is 4.79 Å². The fourth-order valence-electron chi connectivity index (χ4n) is 3.39. The summed E-state index contributed by atoms with van der Waals surface area (Å²) in [6.07, 6.45) is 1.13. The molecule has 1 heterocycles. The third-order valence-corrected chi connectivity index (χ3v) is 4.95. The molecule has 3 rings (SSSR count). The number of carbonyl (C=O) groups is 1. The summed E-state index contributed by atoms with van der Waals surface area (Å²) >= 11 is 0. The predicted octanol–water partition coefficient (Wildman–Crippen LogP) is 3.02. The Morgan fingerprint density at radius 1 is 1.15 bits per heavy atom. The van der Waals surface area contributed by atoms with Crippen molar-refractivity contribution in [3.05, 3.63) is 53.6 Å². The van der Waals surface area contributed by atoms with Crippen molar-refractivity contribution < 1.29 is 19.4 Å². The quantitative estimate of drug-likeness (QED) is 0.744. The molecule has 1 atom stereocenters. The van der Waals surface area contributed by atoms with Crippen molar-refractivity contribution in [1.82, 2.24) is 5.32 Å². The van der Waals surface area contributed by atoms with E-state index >= 15 is 0 Å². The van der Waals surface area contributed by atoms with Gasteiger partial charge in [0.05, 0.1) is 19.8 Å². The van der Waals surface area contributed by atoms with Crippen LogP contribution in [0.15, 0.2) is 42.5 Å². The monoisotopic (exact) mass is 370 g/mol. The molecule has 0 aromatic heterocycles. The minimum atomic E-state index is -0.894. The van der Waals surface area contributed by atoms with E-state index < -0.39 is 5.97 Å². The van der Waals surface area contributed by atoms with Crippen LogP contribution in [0.3, 0.4) is 0 Å². The van der Waals surface area contributed by atoms with E-state index in [0.717, 1.165) is 55.3 Å². The highest BCUT2D eigenvalue weighted by molar-refractivity contribution is 5.87. The number of aromatic carboxylic acids is 1. The lowest BCUT2D eigenvalue weighted by Crippen LogP contribution is -2.26. The third-order valence-electron chi connectivity index (χ3n) is 4.95. The fourth-order valence-corrected chi connectivity index (χ4v) is 3.39. The number of hydrogen-bond acceptors (Lipinski definition) is 5. The van der Waals surface area contributed by atoms with Crippen molar-refractivity contribution in [2.24, 2.45) is 5.92 Å². The Morgan fingerprint density at radius 2 is 1.81 bits per heavy atom. The minimum Gasteiger partial charge on any atom is -0.497 e. The Labute approximate surface area is 159 Å². The number of rotatable bonds is 8. The summed E-state index contributed by atoms with van der Waals surface area (Å²) in [6, 6.07) is 13.0. The second kappa shape index (κ2) is 8.77. The van der Waals surface area contributed by atoms with Gasteiger partial charge in [0, 0.05) is 50.1 Å². The van der Waals surface area contributed by atoms with Crippen LogP contribution >= 0.6 is 0 Å². The molecule has 0 radical (unpaired) electrons. The molecule has 2 aromatic rings. The number of carboxylic acids is 1. The zero-order valence-electron chi connectivity index (χ0n) is 15.8. The Hall–Kier alpha value is -2.73. The molecular weight excluding hydrogens is 344 g/mol. The van der Waals surface area contributed by atoms with Gasteiger partial charge >= 0.3 is 5.97 Å². The third kappa shape index (κ3) is 4.92. The molecule has 6 heteroatoms. The molecule has 0 bridgehead atoms. The van der Waals surface area contributed by atoms with E-state index in [1.54, 1.807) is 26.4 Å². The largest absolute Gasteiger partial charge is 0.497 e. The Balaban J connectivity index is 1.50. The van der Waals surface area contributed by atoms with E-state index in [-0.39, 0.29) is 0 Å². The number of nitrogens with zero attached hydrogens (tertiary/aromatic N) is 1. The smallest absolute Gasteiger partial charge is 0.335 e. The maximum absolute atomic E-state index is 10.9. The molecule has 144 valence electrons. The Kier molecular flexibility index (Phi) is 6.19. The van der Waals surface area contributed by atoms with Gasteiger partial charge in [0.25, 0.3) is 0 Å². The van der Waals surface area contributed by atoms with Crippen LogP contribution in [0.25, 0.3) is 0 Å². The molecule has 1 fully saturated rings. The highest BCUT2D eigenvalue weighted by Crippen LogP contribution is 2.31. The maximum atomic E-state index is 10.9. The van der Waals surface area contributed by atoms with E-state index in [9.17, 15) is 4.79 Å². The van der Waals surface area contributed by atoms with Crippen LogP contribution < -0.4 is 19.7 Å². The first kappa shape index (κ1) is 19.0. The van der Waals surface area contributed by atoms with Crippen molar-refractivity contribution in [3.8, 4) is 11.5 Å². The number of carboxylic acid groups (broad SMARTS) is 1. The van der Waals surface area contributed by atoms with Crippen LogP contribution in [-0.2, 0) is 6.54 Å². The normalized spacial score (nSPS) is 16.4. The molecule has 6 nitrogen and oxygen atoms in total. The van der Waals surface area contributed by atoms with Gasteiger partial charge in [-0.15, -0.1) is 0 Å². The molecule has 0 spiro atoms. The molecule has 0 aliphatic carbocycles. The van der Waals surface area contributed by atoms with Crippen molar-refractivity contribution >= 4 is 11.7 Å². The number of nitrogens with one attached hydrogen (secondary N) is 1. The standard InChI is InChI=1S/C21H26N2O4/c1-26-19-9-18(10-20(11-19)27-2)23-8-7-16(14-23)13-22-12-15-3-5-17(6-4-15)21(24)25/h3-6,9-11,16,22H,7-8,12-14H2,1-2H3,(H,24,25). The molecule has 1 unspecified atom stereocenters. The van der Waals surface area contributed by atoms with Gasteiger partial charge in [-0.1, -0.05) is 12.1 Å². The van der Waals surface area contributed by atoms with Gasteiger partial charge in [-0.3, -0.25) is 0 Å². The molecular formula is C21H26N2O4. The second-order valence-electron chi connectivity index (χ2n) is 6.80.